The van der Waals surface area contributed by atoms with Gasteiger partial charge in [0.05, 0.1) is 19.8 Å². The van der Waals surface area contributed by atoms with Crippen molar-refractivity contribution in [1.82, 2.24) is 0 Å². The van der Waals surface area contributed by atoms with E-state index in [9.17, 15) is 0 Å². The van der Waals surface area contributed by atoms with Crippen molar-refractivity contribution in [2.45, 2.75) is 6.42 Å². The zero-order valence-electron chi connectivity index (χ0n) is 7.76. The molecule has 0 atom stereocenters. The van der Waals surface area contributed by atoms with Gasteiger partial charge in [-0.2, -0.15) is 0 Å². The normalized spacial score (nSPS) is 11.1. The Morgan fingerprint density at radius 1 is 0.929 bits per heavy atom. The minimum absolute atomic E-state index is 0.434. The van der Waals surface area contributed by atoms with Gasteiger partial charge in [-0.3, -0.25) is 0 Å². The first-order chi connectivity index (χ1) is 6.85. The molecule has 86 valence electrons. The fraction of sp³-hybridized carbons (Fsp3) is 1.00. The standard InChI is InChI=1S/C7H14BrCl2O3P/c8-2-1-5-11-14(12-6-3-9)13-7-4-10/h1-7H2. The molecular formula is C7H14BrCl2O3P. The predicted octanol–water partition coefficient (Wildman–Crippen LogP) is 3.53. The molecule has 0 spiro atoms. The van der Waals surface area contributed by atoms with Gasteiger partial charge >= 0.3 is 8.60 Å². The van der Waals surface area contributed by atoms with Gasteiger partial charge in [-0.25, -0.2) is 0 Å². The minimum atomic E-state index is -1.27. The Morgan fingerprint density at radius 2 is 1.43 bits per heavy atom. The maximum Gasteiger partial charge on any atom is 0.332 e. The van der Waals surface area contributed by atoms with Crippen molar-refractivity contribution < 1.29 is 13.6 Å². The number of alkyl halides is 3. The lowest BCUT2D eigenvalue weighted by Gasteiger charge is -2.15. The molecule has 0 amide bonds. The summed E-state index contributed by atoms with van der Waals surface area (Å²) in [4.78, 5) is 0. The lowest BCUT2D eigenvalue weighted by molar-refractivity contribution is 0.172. The molecule has 3 nitrogen and oxygen atoms in total. The van der Waals surface area contributed by atoms with Gasteiger partial charge in [-0.15, -0.1) is 23.2 Å². The van der Waals surface area contributed by atoms with E-state index in [4.69, 9.17) is 36.8 Å². The fourth-order valence-electron chi connectivity index (χ4n) is 0.524. The fourth-order valence-corrected chi connectivity index (χ4v) is 2.10. The Balaban J connectivity index is 3.49. The summed E-state index contributed by atoms with van der Waals surface area (Å²) in [6.45, 7) is 1.48. The summed E-state index contributed by atoms with van der Waals surface area (Å²) in [5.41, 5.74) is 0. The number of hydrogen-bond acceptors (Lipinski definition) is 3. The van der Waals surface area contributed by atoms with Gasteiger partial charge in [0.25, 0.3) is 0 Å². The summed E-state index contributed by atoms with van der Waals surface area (Å²) in [6, 6.07) is 0. The van der Waals surface area contributed by atoms with E-state index in [-0.39, 0.29) is 0 Å². The van der Waals surface area contributed by atoms with Crippen LogP contribution in [0.2, 0.25) is 0 Å². The Kier molecular flexibility index (Phi) is 13.7. The van der Waals surface area contributed by atoms with Gasteiger partial charge in [0.2, 0.25) is 0 Å². The van der Waals surface area contributed by atoms with Crippen molar-refractivity contribution in [2.24, 2.45) is 0 Å². The molecule has 0 aliphatic heterocycles. The lowest BCUT2D eigenvalue weighted by Crippen LogP contribution is -2.01. The van der Waals surface area contributed by atoms with Crippen molar-refractivity contribution in [1.29, 1.82) is 0 Å². The second kappa shape index (κ2) is 12.4. The van der Waals surface area contributed by atoms with E-state index in [1.54, 1.807) is 0 Å². The SMILES string of the molecule is ClCCOP(OCCCl)OCCCBr. The van der Waals surface area contributed by atoms with E-state index in [0.717, 1.165) is 11.8 Å². The third kappa shape index (κ3) is 9.91. The van der Waals surface area contributed by atoms with Crippen molar-refractivity contribution >= 4 is 47.7 Å². The van der Waals surface area contributed by atoms with Crippen LogP contribution < -0.4 is 0 Å². The van der Waals surface area contributed by atoms with E-state index in [1.807, 2.05) is 0 Å². The summed E-state index contributed by atoms with van der Waals surface area (Å²) in [5.74, 6) is 0.871. The minimum Gasteiger partial charge on any atom is -0.312 e. The molecule has 0 radical (unpaired) electrons. The molecule has 7 heteroatoms. The zero-order chi connectivity index (χ0) is 10.6. The summed E-state index contributed by atoms with van der Waals surface area (Å²) < 4.78 is 15.9. The van der Waals surface area contributed by atoms with Gasteiger partial charge in [0.15, 0.2) is 0 Å². The topological polar surface area (TPSA) is 27.7 Å². The first-order valence-electron chi connectivity index (χ1n) is 4.22. The molecule has 0 aliphatic rings. The molecule has 0 bridgehead atoms. The largest absolute Gasteiger partial charge is 0.332 e. The highest BCUT2D eigenvalue weighted by molar-refractivity contribution is 9.09. The van der Waals surface area contributed by atoms with Crippen LogP contribution in [0.5, 0.6) is 0 Å². The van der Waals surface area contributed by atoms with Crippen LogP contribution in [0.1, 0.15) is 6.42 Å². The maximum absolute atomic E-state index is 5.48. The molecule has 0 aromatic heterocycles. The molecular weight excluding hydrogens is 314 g/mol. The Labute approximate surface area is 105 Å². The second-order valence-electron chi connectivity index (χ2n) is 2.14. The van der Waals surface area contributed by atoms with Crippen LogP contribution in [-0.2, 0) is 13.6 Å². The van der Waals surface area contributed by atoms with Gasteiger partial charge < -0.3 is 13.6 Å². The summed E-state index contributed by atoms with van der Waals surface area (Å²) in [6.07, 6.45) is 0.924. The van der Waals surface area contributed by atoms with E-state index >= 15 is 0 Å². The number of halogens is 3. The molecule has 0 saturated heterocycles. The highest BCUT2D eigenvalue weighted by Crippen LogP contribution is 2.39. The first-order valence-corrected chi connectivity index (χ1v) is 7.50. The van der Waals surface area contributed by atoms with Crippen LogP contribution in [0.4, 0.5) is 0 Å². The van der Waals surface area contributed by atoms with E-state index in [1.165, 1.54) is 0 Å². The Morgan fingerprint density at radius 3 is 1.86 bits per heavy atom. The molecule has 0 heterocycles. The summed E-state index contributed by atoms with van der Waals surface area (Å²) >= 11 is 14.3. The van der Waals surface area contributed by atoms with Crippen LogP contribution in [0.15, 0.2) is 0 Å². The molecule has 14 heavy (non-hydrogen) atoms. The van der Waals surface area contributed by atoms with Crippen molar-refractivity contribution in [2.75, 3.05) is 36.9 Å². The maximum atomic E-state index is 5.48. The first kappa shape index (κ1) is 15.4. The van der Waals surface area contributed by atoms with E-state index in [2.05, 4.69) is 15.9 Å². The van der Waals surface area contributed by atoms with Crippen LogP contribution in [0, 0.1) is 0 Å². The van der Waals surface area contributed by atoms with Gasteiger partial charge in [0.1, 0.15) is 0 Å². The van der Waals surface area contributed by atoms with Crippen molar-refractivity contribution in [3.05, 3.63) is 0 Å². The molecule has 0 aromatic rings. The average Bonchev–Trinajstić information content (AvgIpc) is 2.21. The van der Waals surface area contributed by atoms with Crippen LogP contribution >= 0.6 is 47.7 Å². The highest BCUT2D eigenvalue weighted by Gasteiger charge is 2.11. The molecule has 0 fully saturated rings. The Hall–Kier alpha value is 1.37. The predicted molar refractivity (Wildman–Crippen MR) is 64.6 cm³/mol. The van der Waals surface area contributed by atoms with E-state index < -0.39 is 8.60 Å². The molecule has 0 saturated carbocycles. The monoisotopic (exact) mass is 326 g/mol. The molecule has 0 N–H and O–H groups in total. The van der Waals surface area contributed by atoms with Crippen molar-refractivity contribution in [3.8, 4) is 0 Å². The number of hydrogen-bond donors (Lipinski definition) is 0. The molecule has 0 rings (SSSR count). The number of rotatable bonds is 10. The van der Waals surface area contributed by atoms with Crippen LogP contribution in [-0.4, -0.2) is 36.9 Å². The quantitative estimate of drug-likeness (QED) is 0.349. The lowest BCUT2D eigenvalue weighted by atomic mass is 10.5. The second-order valence-corrected chi connectivity index (χ2v) is 4.91. The third-order valence-electron chi connectivity index (χ3n) is 1.02. The van der Waals surface area contributed by atoms with Gasteiger partial charge in [-0.1, -0.05) is 15.9 Å². The third-order valence-corrected chi connectivity index (χ3v) is 3.07. The highest BCUT2D eigenvalue weighted by atomic mass is 79.9. The van der Waals surface area contributed by atoms with Crippen molar-refractivity contribution in [3.63, 3.8) is 0 Å². The molecule has 0 aromatic carbocycles. The average molecular weight is 328 g/mol. The molecule has 0 unspecified atom stereocenters. The van der Waals surface area contributed by atoms with Crippen LogP contribution in [0.25, 0.3) is 0 Å². The zero-order valence-corrected chi connectivity index (χ0v) is 11.7. The van der Waals surface area contributed by atoms with Crippen LogP contribution in [0.3, 0.4) is 0 Å². The summed E-state index contributed by atoms with van der Waals surface area (Å²) in [5, 5.41) is 0.904. The summed E-state index contributed by atoms with van der Waals surface area (Å²) in [7, 11) is -1.27. The van der Waals surface area contributed by atoms with Gasteiger partial charge in [0, 0.05) is 17.1 Å². The smallest absolute Gasteiger partial charge is 0.312 e. The van der Waals surface area contributed by atoms with Gasteiger partial charge in [-0.05, 0) is 6.42 Å². The van der Waals surface area contributed by atoms with E-state index in [0.29, 0.717) is 31.6 Å². The Bertz CT molecular complexity index is 115. The molecule has 0 aliphatic carbocycles.